The van der Waals surface area contributed by atoms with Gasteiger partial charge in [0.25, 0.3) is 0 Å². The first-order valence-electron chi connectivity index (χ1n) is 7.85. The van der Waals surface area contributed by atoms with E-state index in [0.29, 0.717) is 6.54 Å². The fraction of sp³-hybridized carbons (Fsp3) is 0.933. The summed E-state index contributed by atoms with van der Waals surface area (Å²) in [7, 11) is 0. The normalized spacial score (nSPS) is 18.0. The van der Waals surface area contributed by atoms with Gasteiger partial charge in [0.05, 0.1) is 0 Å². The zero-order valence-electron chi connectivity index (χ0n) is 12.3. The molecule has 0 radical (unpaired) electrons. The van der Waals surface area contributed by atoms with Gasteiger partial charge >= 0.3 is 6.03 Å². The van der Waals surface area contributed by atoms with Gasteiger partial charge in [-0.3, -0.25) is 0 Å². The number of aliphatic hydroxyl groups is 1. The van der Waals surface area contributed by atoms with Crippen molar-refractivity contribution in [3.05, 3.63) is 0 Å². The van der Waals surface area contributed by atoms with Gasteiger partial charge in [0, 0.05) is 19.7 Å². The topological polar surface area (TPSA) is 61.4 Å². The first-order chi connectivity index (χ1) is 9.22. The molecule has 0 unspecified atom stereocenters. The lowest BCUT2D eigenvalue weighted by atomic mass is 9.72. The highest BCUT2D eigenvalue weighted by Gasteiger charge is 2.31. The molecule has 2 amide bonds. The summed E-state index contributed by atoms with van der Waals surface area (Å²) in [5.74, 6) is 0. The Morgan fingerprint density at radius 3 is 2.53 bits per heavy atom. The maximum atomic E-state index is 11.7. The minimum Gasteiger partial charge on any atom is -0.396 e. The zero-order chi connectivity index (χ0) is 14.0. The Balaban J connectivity index is 2.25. The highest BCUT2D eigenvalue weighted by atomic mass is 16.3. The molecule has 0 aromatic heterocycles. The fourth-order valence-corrected chi connectivity index (χ4v) is 2.96. The van der Waals surface area contributed by atoms with E-state index in [0.717, 1.165) is 38.6 Å². The molecule has 1 aliphatic carbocycles. The SMILES string of the molecule is CCCCCNC(=O)NCC1(CCO)CCCCC1. The zero-order valence-corrected chi connectivity index (χ0v) is 12.3. The Labute approximate surface area is 117 Å². The minimum absolute atomic E-state index is 0.0565. The van der Waals surface area contributed by atoms with Crippen molar-refractivity contribution in [1.82, 2.24) is 10.6 Å². The van der Waals surface area contributed by atoms with Gasteiger partial charge in [-0.05, 0) is 31.1 Å². The summed E-state index contributed by atoms with van der Waals surface area (Å²) >= 11 is 0. The van der Waals surface area contributed by atoms with Gasteiger partial charge in [-0.1, -0.05) is 39.0 Å². The van der Waals surface area contributed by atoms with Crippen LogP contribution in [0.5, 0.6) is 0 Å². The summed E-state index contributed by atoms with van der Waals surface area (Å²) in [6, 6.07) is -0.0565. The summed E-state index contributed by atoms with van der Waals surface area (Å²) < 4.78 is 0. The van der Waals surface area contributed by atoms with Crippen LogP contribution in [0.1, 0.15) is 64.7 Å². The molecule has 0 bridgehead atoms. The maximum absolute atomic E-state index is 11.7. The van der Waals surface area contributed by atoms with Gasteiger partial charge in [0.1, 0.15) is 0 Å². The van der Waals surface area contributed by atoms with Crippen molar-refractivity contribution < 1.29 is 9.90 Å². The molecule has 4 nitrogen and oxygen atoms in total. The van der Waals surface area contributed by atoms with Crippen LogP contribution in [0.4, 0.5) is 4.79 Å². The van der Waals surface area contributed by atoms with Crippen molar-refractivity contribution >= 4 is 6.03 Å². The van der Waals surface area contributed by atoms with Crippen LogP contribution in [0.25, 0.3) is 0 Å². The van der Waals surface area contributed by atoms with Crippen LogP contribution >= 0.6 is 0 Å². The molecular formula is C15H30N2O2. The summed E-state index contributed by atoms with van der Waals surface area (Å²) in [6.07, 6.45) is 10.2. The quantitative estimate of drug-likeness (QED) is 0.594. The van der Waals surface area contributed by atoms with Crippen molar-refractivity contribution in [2.75, 3.05) is 19.7 Å². The van der Waals surface area contributed by atoms with Gasteiger partial charge in [-0.15, -0.1) is 0 Å². The summed E-state index contributed by atoms with van der Waals surface area (Å²) in [4.78, 5) is 11.7. The lowest BCUT2D eigenvalue weighted by molar-refractivity contribution is 0.127. The van der Waals surface area contributed by atoms with Gasteiger partial charge in [-0.2, -0.15) is 0 Å². The van der Waals surface area contributed by atoms with E-state index in [1.165, 1.54) is 25.7 Å². The molecule has 0 spiro atoms. The number of hydrogen-bond acceptors (Lipinski definition) is 2. The Morgan fingerprint density at radius 1 is 1.16 bits per heavy atom. The average molecular weight is 270 g/mol. The number of urea groups is 1. The van der Waals surface area contributed by atoms with E-state index < -0.39 is 0 Å². The number of amides is 2. The molecule has 0 aromatic rings. The van der Waals surface area contributed by atoms with Gasteiger partial charge in [-0.25, -0.2) is 4.79 Å². The molecule has 0 atom stereocenters. The molecule has 1 fully saturated rings. The molecular weight excluding hydrogens is 240 g/mol. The Hall–Kier alpha value is -0.770. The Bertz CT molecular complexity index is 245. The molecule has 0 heterocycles. The van der Waals surface area contributed by atoms with Crippen LogP contribution in [0.2, 0.25) is 0 Å². The molecule has 1 rings (SSSR count). The first kappa shape index (κ1) is 16.3. The third-order valence-electron chi connectivity index (χ3n) is 4.25. The molecule has 112 valence electrons. The van der Waals surface area contributed by atoms with E-state index in [4.69, 9.17) is 0 Å². The number of hydrogen-bond donors (Lipinski definition) is 3. The van der Waals surface area contributed by atoms with E-state index in [1.807, 2.05) is 0 Å². The number of rotatable bonds is 8. The second-order valence-corrected chi connectivity index (χ2v) is 5.85. The third-order valence-corrected chi connectivity index (χ3v) is 4.25. The van der Waals surface area contributed by atoms with Crippen molar-refractivity contribution in [3.8, 4) is 0 Å². The number of nitrogens with one attached hydrogen (secondary N) is 2. The summed E-state index contributed by atoms with van der Waals surface area (Å²) in [5, 5.41) is 15.1. The Kier molecular flexibility index (Phi) is 7.87. The first-order valence-corrected chi connectivity index (χ1v) is 7.85. The van der Waals surface area contributed by atoms with E-state index in [9.17, 15) is 9.90 Å². The van der Waals surface area contributed by atoms with E-state index in [1.54, 1.807) is 0 Å². The van der Waals surface area contributed by atoms with Crippen LogP contribution in [-0.4, -0.2) is 30.8 Å². The highest BCUT2D eigenvalue weighted by Crippen LogP contribution is 2.38. The van der Waals surface area contributed by atoms with E-state index in [-0.39, 0.29) is 18.1 Å². The lowest BCUT2D eigenvalue weighted by Crippen LogP contribution is -2.44. The largest absolute Gasteiger partial charge is 0.396 e. The van der Waals surface area contributed by atoms with Crippen molar-refractivity contribution in [2.45, 2.75) is 64.7 Å². The standard InChI is InChI=1S/C15H30N2O2/c1-2-3-7-11-16-14(19)17-13-15(10-12-18)8-5-4-6-9-15/h18H,2-13H2,1H3,(H2,16,17,19). The smallest absolute Gasteiger partial charge is 0.314 e. The maximum Gasteiger partial charge on any atom is 0.314 e. The average Bonchev–Trinajstić information content (AvgIpc) is 2.43. The van der Waals surface area contributed by atoms with Crippen LogP contribution in [0.3, 0.4) is 0 Å². The number of unbranched alkanes of at least 4 members (excludes halogenated alkanes) is 2. The highest BCUT2D eigenvalue weighted by molar-refractivity contribution is 5.73. The number of aliphatic hydroxyl groups excluding tert-OH is 1. The summed E-state index contributed by atoms with van der Waals surface area (Å²) in [6.45, 7) is 3.83. The second kappa shape index (κ2) is 9.18. The van der Waals surface area contributed by atoms with Crippen molar-refractivity contribution in [2.24, 2.45) is 5.41 Å². The van der Waals surface area contributed by atoms with Crippen LogP contribution in [-0.2, 0) is 0 Å². The minimum atomic E-state index is -0.0565. The molecule has 19 heavy (non-hydrogen) atoms. The van der Waals surface area contributed by atoms with Crippen molar-refractivity contribution in [1.29, 1.82) is 0 Å². The predicted molar refractivity (Wildman–Crippen MR) is 78.1 cm³/mol. The monoisotopic (exact) mass is 270 g/mol. The van der Waals surface area contributed by atoms with Gasteiger partial charge in [0.15, 0.2) is 0 Å². The number of carbonyl (C=O) groups excluding carboxylic acids is 1. The molecule has 3 N–H and O–H groups in total. The van der Waals surface area contributed by atoms with Crippen LogP contribution in [0.15, 0.2) is 0 Å². The molecule has 1 aliphatic rings. The molecule has 1 saturated carbocycles. The molecule has 0 saturated heterocycles. The van der Waals surface area contributed by atoms with Crippen molar-refractivity contribution in [3.63, 3.8) is 0 Å². The third kappa shape index (κ3) is 6.28. The molecule has 0 aromatic carbocycles. The van der Waals surface area contributed by atoms with Gasteiger partial charge in [0.2, 0.25) is 0 Å². The van der Waals surface area contributed by atoms with Crippen LogP contribution in [0, 0.1) is 5.41 Å². The Morgan fingerprint density at radius 2 is 1.89 bits per heavy atom. The fourth-order valence-electron chi connectivity index (χ4n) is 2.96. The predicted octanol–water partition coefficient (Wildman–Crippen LogP) is 2.81. The lowest BCUT2D eigenvalue weighted by Gasteiger charge is -2.37. The molecule has 4 heteroatoms. The van der Waals surface area contributed by atoms with E-state index in [2.05, 4.69) is 17.6 Å². The number of carbonyl (C=O) groups is 1. The second-order valence-electron chi connectivity index (χ2n) is 5.85. The van der Waals surface area contributed by atoms with Crippen LogP contribution < -0.4 is 10.6 Å². The molecule has 0 aliphatic heterocycles. The van der Waals surface area contributed by atoms with Gasteiger partial charge < -0.3 is 15.7 Å². The summed E-state index contributed by atoms with van der Waals surface area (Å²) in [5.41, 5.74) is 0.133. The van der Waals surface area contributed by atoms with E-state index >= 15 is 0 Å².